The van der Waals surface area contributed by atoms with E-state index < -0.39 is 0 Å². The van der Waals surface area contributed by atoms with E-state index in [1.54, 1.807) is 0 Å². The van der Waals surface area contributed by atoms with E-state index in [-0.39, 0.29) is 0 Å². The lowest BCUT2D eigenvalue weighted by Crippen LogP contribution is -2.19. The van der Waals surface area contributed by atoms with Crippen LogP contribution in [0.1, 0.15) is 18.4 Å². The molecule has 0 spiro atoms. The van der Waals surface area contributed by atoms with E-state index in [4.69, 9.17) is 11.6 Å². The van der Waals surface area contributed by atoms with Crippen molar-refractivity contribution in [1.29, 1.82) is 0 Å². The van der Waals surface area contributed by atoms with E-state index in [0.717, 1.165) is 16.0 Å². The molecule has 15 heavy (non-hydrogen) atoms. The lowest BCUT2D eigenvalue weighted by atomic mass is 10.2. The van der Waals surface area contributed by atoms with Crippen LogP contribution in [0.15, 0.2) is 22.7 Å². The standard InChI is InChI=1S/C12H15BrClN/c1-15(8-9-2-3-9)11-5-4-10(7-14)12(13)6-11/h4-6,9H,2-3,7-8H2,1H3. The number of nitrogens with zero attached hydrogens (tertiary/aromatic N) is 1. The first kappa shape index (κ1) is 11.3. The average Bonchev–Trinajstić information content (AvgIpc) is 3.01. The molecule has 0 N–H and O–H groups in total. The van der Waals surface area contributed by atoms with Gasteiger partial charge in [-0.15, -0.1) is 11.6 Å². The van der Waals surface area contributed by atoms with Crippen molar-refractivity contribution in [3.05, 3.63) is 28.2 Å². The molecule has 3 heteroatoms. The average molecular weight is 289 g/mol. The molecule has 0 unspecified atom stereocenters. The summed E-state index contributed by atoms with van der Waals surface area (Å²) >= 11 is 9.36. The third-order valence-electron chi connectivity index (χ3n) is 2.85. The van der Waals surface area contributed by atoms with Crippen molar-refractivity contribution in [3.8, 4) is 0 Å². The number of alkyl halides is 1. The van der Waals surface area contributed by atoms with Crippen molar-refractivity contribution in [3.63, 3.8) is 0 Å². The highest BCUT2D eigenvalue weighted by atomic mass is 79.9. The second kappa shape index (κ2) is 4.75. The molecular weight excluding hydrogens is 273 g/mol. The summed E-state index contributed by atoms with van der Waals surface area (Å²) in [7, 11) is 2.15. The summed E-state index contributed by atoms with van der Waals surface area (Å²) < 4.78 is 1.11. The van der Waals surface area contributed by atoms with Crippen LogP contribution in [-0.4, -0.2) is 13.6 Å². The predicted molar refractivity (Wildman–Crippen MR) is 69.7 cm³/mol. The Hall–Kier alpha value is -0.210. The Morgan fingerprint density at radius 3 is 2.73 bits per heavy atom. The maximum Gasteiger partial charge on any atom is 0.0485 e. The molecule has 0 amide bonds. The number of anilines is 1. The predicted octanol–water partition coefficient (Wildman–Crippen LogP) is 4.03. The Morgan fingerprint density at radius 2 is 2.20 bits per heavy atom. The molecule has 1 nitrogen and oxygen atoms in total. The number of rotatable bonds is 4. The Bertz CT molecular complexity index is 349. The quantitative estimate of drug-likeness (QED) is 0.756. The monoisotopic (exact) mass is 287 g/mol. The third-order valence-corrected chi connectivity index (χ3v) is 3.88. The minimum absolute atomic E-state index is 0.563. The Balaban J connectivity index is 2.09. The van der Waals surface area contributed by atoms with Gasteiger partial charge in [-0.25, -0.2) is 0 Å². The summed E-state index contributed by atoms with van der Waals surface area (Å²) in [4.78, 5) is 2.32. The fraction of sp³-hybridized carbons (Fsp3) is 0.500. The van der Waals surface area contributed by atoms with Crippen LogP contribution in [0.25, 0.3) is 0 Å². The van der Waals surface area contributed by atoms with Crippen LogP contribution in [0.3, 0.4) is 0 Å². The maximum atomic E-state index is 5.81. The largest absolute Gasteiger partial charge is 0.374 e. The van der Waals surface area contributed by atoms with E-state index in [2.05, 4.69) is 46.1 Å². The molecule has 1 aliphatic carbocycles. The molecule has 0 heterocycles. The van der Waals surface area contributed by atoms with E-state index >= 15 is 0 Å². The minimum Gasteiger partial charge on any atom is -0.374 e. The number of hydrogen-bond acceptors (Lipinski definition) is 1. The van der Waals surface area contributed by atoms with Crippen LogP contribution in [0.4, 0.5) is 5.69 Å². The second-order valence-corrected chi connectivity index (χ2v) is 5.35. The molecule has 0 bridgehead atoms. The van der Waals surface area contributed by atoms with Crippen LogP contribution in [-0.2, 0) is 5.88 Å². The SMILES string of the molecule is CN(CC1CC1)c1ccc(CCl)c(Br)c1. The summed E-state index contributed by atoms with van der Waals surface area (Å²) in [5, 5.41) is 0. The molecule has 1 saturated carbocycles. The Kier molecular flexibility index (Phi) is 3.57. The first-order valence-corrected chi connectivity index (χ1v) is 6.59. The molecule has 0 aromatic heterocycles. The fourth-order valence-corrected chi connectivity index (χ4v) is 2.58. The van der Waals surface area contributed by atoms with Crippen molar-refractivity contribution < 1.29 is 0 Å². The van der Waals surface area contributed by atoms with Crippen LogP contribution in [0, 0.1) is 5.92 Å². The van der Waals surface area contributed by atoms with Gasteiger partial charge in [-0.2, -0.15) is 0 Å². The van der Waals surface area contributed by atoms with Gasteiger partial charge in [0.25, 0.3) is 0 Å². The molecule has 82 valence electrons. The van der Waals surface area contributed by atoms with Crippen molar-refractivity contribution in [2.45, 2.75) is 18.7 Å². The van der Waals surface area contributed by atoms with E-state index in [1.165, 1.54) is 25.1 Å². The van der Waals surface area contributed by atoms with Crippen LogP contribution in [0.2, 0.25) is 0 Å². The van der Waals surface area contributed by atoms with Gasteiger partial charge in [0, 0.05) is 29.6 Å². The first-order valence-electron chi connectivity index (χ1n) is 5.26. The van der Waals surface area contributed by atoms with Crippen LogP contribution in [0.5, 0.6) is 0 Å². The van der Waals surface area contributed by atoms with Crippen molar-refractivity contribution in [1.82, 2.24) is 0 Å². The van der Waals surface area contributed by atoms with Gasteiger partial charge in [-0.3, -0.25) is 0 Å². The van der Waals surface area contributed by atoms with Gasteiger partial charge in [-0.1, -0.05) is 22.0 Å². The summed E-state index contributed by atoms with van der Waals surface area (Å²) in [6.07, 6.45) is 2.79. The van der Waals surface area contributed by atoms with Crippen molar-refractivity contribution in [2.75, 3.05) is 18.5 Å². The zero-order chi connectivity index (χ0) is 10.8. The normalized spacial score (nSPS) is 15.4. The van der Waals surface area contributed by atoms with E-state index in [0.29, 0.717) is 5.88 Å². The van der Waals surface area contributed by atoms with Gasteiger partial charge in [0.15, 0.2) is 0 Å². The van der Waals surface area contributed by atoms with Gasteiger partial charge in [0.2, 0.25) is 0 Å². The molecule has 0 saturated heterocycles. The van der Waals surface area contributed by atoms with Gasteiger partial charge >= 0.3 is 0 Å². The molecule has 1 aromatic carbocycles. The zero-order valence-electron chi connectivity index (χ0n) is 8.84. The molecule has 1 aromatic rings. The fourth-order valence-electron chi connectivity index (χ4n) is 1.68. The third kappa shape index (κ3) is 2.88. The van der Waals surface area contributed by atoms with Gasteiger partial charge < -0.3 is 4.90 Å². The summed E-state index contributed by atoms with van der Waals surface area (Å²) in [6, 6.07) is 6.39. The molecule has 1 aliphatic rings. The second-order valence-electron chi connectivity index (χ2n) is 4.23. The highest BCUT2D eigenvalue weighted by Crippen LogP contribution is 2.32. The van der Waals surface area contributed by atoms with E-state index in [9.17, 15) is 0 Å². The Labute approximate surface area is 105 Å². The molecule has 1 fully saturated rings. The van der Waals surface area contributed by atoms with Crippen molar-refractivity contribution >= 4 is 33.2 Å². The molecule has 0 radical (unpaired) electrons. The number of halogens is 2. The van der Waals surface area contributed by atoms with E-state index in [1.807, 2.05) is 0 Å². The summed E-state index contributed by atoms with van der Waals surface area (Å²) in [5.41, 5.74) is 2.42. The lowest BCUT2D eigenvalue weighted by Gasteiger charge is -2.19. The smallest absolute Gasteiger partial charge is 0.0485 e. The summed E-state index contributed by atoms with van der Waals surface area (Å²) in [5.74, 6) is 1.48. The topological polar surface area (TPSA) is 3.24 Å². The molecule has 2 rings (SSSR count). The Morgan fingerprint density at radius 1 is 1.47 bits per heavy atom. The van der Waals surface area contributed by atoms with Crippen molar-refractivity contribution in [2.24, 2.45) is 5.92 Å². The lowest BCUT2D eigenvalue weighted by molar-refractivity contribution is 0.787. The molecular formula is C12H15BrClN. The first-order chi connectivity index (χ1) is 7.20. The van der Waals surface area contributed by atoms with Crippen LogP contribution >= 0.6 is 27.5 Å². The minimum atomic E-state index is 0.563. The summed E-state index contributed by atoms with van der Waals surface area (Å²) in [6.45, 7) is 1.17. The number of benzene rings is 1. The highest BCUT2D eigenvalue weighted by molar-refractivity contribution is 9.10. The van der Waals surface area contributed by atoms with Gasteiger partial charge in [0.05, 0.1) is 0 Å². The highest BCUT2D eigenvalue weighted by Gasteiger charge is 2.23. The van der Waals surface area contributed by atoms with Crippen LogP contribution < -0.4 is 4.90 Å². The number of hydrogen-bond donors (Lipinski definition) is 0. The van der Waals surface area contributed by atoms with Gasteiger partial charge in [0.1, 0.15) is 0 Å². The molecule has 0 aliphatic heterocycles. The maximum absolute atomic E-state index is 5.81. The van der Waals surface area contributed by atoms with Gasteiger partial charge in [-0.05, 0) is 36.5 Å². The molecule has 0 atom stereocenters. The zero-order valence-corrected chi connectivity index (χ0v) is 11.2.